The van der Waals surface area contributed by atoms with Gasteiger partial charge >= 0.3 is 5.97 Å². The Hall–Kier alpha value is -2.73. The minimum Gasteiger partial charge on any atom is -0.452 e. The Morgan fingerprint density at radius 3 is 2.69 bits per heavy atom. The first-order chi connectivity index (χ1) is 12.5. The number of carbonyl (C=O) groups is 2. The van der Waals surface area contributed by atoms with Gasteiger partial charge < -0.3 is 9.64 Å². The molecule has 0 bridgehead atoms. The molecule has 0 radical (unpaired) electrons. The van der Waals surface area contributed by atoms with E-state index in [1.54, 1.807) is 41.5 Å². The largest absolute Gasteiger partial charge is 0.452 e. The van der Waals surface area contributed by atoms with Gasteiger partial charge in [0, 0.05) is 7.05 Å². The zero-order chi connectivity index (χ0) is 18.7. The van der Waals surface area contributed by atoms with Crippen LogP contribution in [0, 0.1) is 6.92 Å². The molecule has 6 heteroatoms. The van der Waals surface area contributed by atoms with Crippen LogP contribution in [0.1, 0.15) is 33.9 Å². The van der Waals surface area contributed by atoms with Gasteiger partial charge in [0.25, 0.3) is 5.91 Å². The quantitative estimate of drug-likeness (QED) is 0.639. The van der Waals surface area contributed by atoms with E-state index in [0.29, 0.717) is 5.56 Å². The van der Waals surface area contributed by atoms with Crippen LogP contribution >= 0.6 is 11.3 Å². The molecule has 0 fully saturated rings. The van der Waals surface area contributed by atoms with Crippen LogP contribution in [-0.4, -0.2) is 35.4 Å². The lowest BCUT2D eigenvalue weighted by Gasteiger charge is -2.23. The summed E-state index contributed by atoms with van der Waals surface area (Å²) in [7, 11) is 1.69. The van der Waals surface area contributed by atoms with Crippen molar-refractivity contribution < 1.29 is 14.3 Å². The Bertz CT molecular complexity index is 918. The molecule has 0 spiro atoms. The predicted octanol–water partition coefficient (Wildman–Crippen LogP) is 3.98. The van der Waals surface area contributed by atoms with Gasteiger partial charge in [-0.15, -0.1) is 11.3 Å². The highest BCUT2D eigenvalue weighted by molar-refractivity contribution is 7.18. The fourth-order valence-corrected chi connectivity index (χ4v) is 3.60. The van der Waals surface area contributed by atoms with E-state index in [-0.39, 0.29) is 18.6 Å². The topological polar surface area (TPSA) is 59.5 Å². The van der Waals surface area contributed by atoms with E-state index in [2.05, 4.69) is 4.98 Å². The molecule has 134 valence electrons. The fraction of sp³-hybridized carbons (Fsp3) is 0.250. The number of para-hydroxylation sites is 1. The average Bonchev–Trinajstić information content (AvgIpc) is 3.08. The molecular weight excluding hydrogens is 348 g/mol. The number of ether oxygens (including phenoxy) is 1. The molecule has 3 aromatic rings. The van der Waals surface area contributed by atoms with Crippen LogP contribution < -0.4 is 0 Å². The van der Waals surface area contributed by atoms with Crippen molar-refractivity contribution in [3.05, 3.63) is 64.7 Å². The van der Waals surface area contributed by atoms with Crippen LogP contribution in [0.5, 0.6) is 0 Å². The summed E-state index contributed by atoms with van der Waals surface area (Å²) in [6.45, 7) is 3.52. The molecule has 0 aliphatic heterocycles. The second-order valence-electron chi connectivity index (χ2n) is 6.15. The summed E-state index contributed by atoms with van der Waals surface area (Å²) >= 11 is 1.56. The molecule has 26 heavy (non-hydrogen) atoms. The first kappa shape index (κ1) is 18.1. The SMILES string of the molecule is Cc1cccc(C(=O)OCC(=O)N(C)[C@@H](C)c2nc3ccccc3s2)c1. The number of thiazole rings is 1. The summed E-state index contributed by atoms with van der Waals surface area (Å²) < 4.78 is 6.25. The molecule has 2 aromatic carbocycles. The second-order valence-corrected chi connectivity index (χ2v) is 7.21. The number of aryl methyl sites for hydroxylation is 1. The number of hydrogen-bond acceptors (Lipinski definition) is 5. The monoisotopic (exact) mass is 368 g/mol. The molecule has 0 N–H and O–H groups in total. The Kier molecular flexibility index (Phi) is 5.32. The van der Waals surface area contributed by atoms with Gasteiger partial charge in [-0.3, -0.25) is 4.79 Å². The zero-order valence-corrected chi connectivity index (χ0v) is 15.7. The number of aromatic nitrogens is 1. The van der Waals surface area contributed by atoms with E-state index in [0.717, 1.165) is 20.8 Å². The molecule has 0 aliphatic rings. The lowest BCUT2D eigenvalue weighted by molar-refractivity contribution is -0.135. The number of fused-ring (bicyclic) bond motifs is 1. The Morgan fingerprint density at radius 2 is 1.96 bits per heavy atom. The fourth-order valence-electron chi connectivity index (χ4n) is 2.53. The number of likely N-dealkylation sites (N-methyl/N-ethyl adjacent to an activating group) is 1. The van der Waals surface area contributed by atoms with E-state index in [9.17, 15) is 9.59 Å². The molecule has 3 rings (SSSR count). The lowest BCUT2D eigenvalue weighted by Crippen LogP contribution is -2.33. The molecular formula is C20H20N2O3S. The number of rotatable bonds is 5. The summed E-state index contributed by atoms with van der Waals surface area (Å²) in [5, 5.41) is 0.854. The third-order valence-corrected chi connectivity index (χ3v) is 5.43. The van der Waals surface area contributed by atoms with Crippen molar-refractivity contribution in [3.63, 3.8) is 0 Å². The van der Waals surface area contributed by atoms with Gasteiger partial charge in [-0.25, -0.2) is 9.78 Å². The third kappa shape index (κ3) is 3.91. The van der Waals surface area contributed by atoms with Crippen LogP contribution in [0.15, 0.2) is 48.5 Å². The molecule has 1 atom stereocenters. The number of amides is 1. The van der Waals surface area contributed by atoms with Crippen molar-refractivity contribution in [3.8, 4) is 0 Å². The summed E-state index contributed by atoms with van der Waals surface area (Å²) in [5.41, 5.74) is 2.33. The first-order valence-corrected chi connectivity index (χ1v) is 9.12. The van der Waals surface area contributed by atoms with Crippen molar-refractivity contribution in [1.82, 2.24) is 9.88 Å². The summed E-state index contributed by atoms with van der Waals surface area (Å²) in [5.74, 6) is -0.763. The average molecular weight is 368 g/mol. The van der Waals surface area contributed by atoms with Gasteiger partial charge in [-0.1, -0.05) is 29.8 Å². The van der Waals surface area contributed by atoms with Gasteiger partial charge in [-0.2, -0.15) is 0 Å². The Labute approximate surface area is 156 Å². The molecule has 1 aromatic heterocycles. The van der Waals surface area contributed by atoms with Crippen LogP contribution in [0.3, 0.4) is 0 Å². The number of carbonyl (C=O) groups excluding carboxylic acids is 2. The van der Waals surface area contributed by atoms with Crippen molar-refractivity contribution in [2.45, 2.75) is 19.9 Å². The molecule has 0 unspecified atom stereocenters. The molecule has 0 aliphatic carbocycles. The van der Waals surface area contributed by atoms with E-state index < -0.39 is 5.97 Å². The minimum atomic E-state index is -0.497. The maximum absolute atomic E-state index is 12.4. The molecule has 0 saturated heterocycles. The molecule has 5 nitrogen and oxygen atoms in total. The standard InChI is InChI=1S/C20H20N2O3S/c1-13-7-6-8-15(11-13)20(24)25-12-18(23)22(3)14(2)19-21-16-9-4-5-10-17(16)26-19/h4-11,14H,12H2,1-3H3/t14-/m0/s1. The number of nitrogens with zero attached hydrogens (tertiary/aromatic N) is 2. The van der Waals surface area contributed by atoms with Crippen LogP contribution in [0.25, 0.3) is 10.2 Å². The molecule has 0 saturated carbocycles. The normalized spacial score (nSPS) is 12.0. The lowest BCUT2D eigenvalue weighted by atomic mass is 10.1. The van der Waals surface area contributed by atoms with E-state index in [1.807, 2.05) is 44.2 Å². The predicted molar refractivity (Wildman–Crippen MR) is 102 cm³/mol. The maximum Gasteiger partial charge on any atom is 0.338 e. The third-order valence-electron chi connectivity index (χ3n) is 4.22. The number of hydrogen-bond donors (Lipinski definition) is 0. The Morgan fingerprint density at radius 1 is 1.19 bits per heavy atom. The van der Waals surface area contributed by atoms with Crippen molar-refractivity contribution in [2.24, 2.45) is 0 Å². The maximum atomic E-state index is 12.4. The van der Waals surface area contributed by atoms with Crippen molar-refractivity contribution in [2.75, 3.05) is 13.7 Å². The van der Waals surface area contributed by atoms with Crippen molar-refractivity contribution in [1.29, 1.82) is 0 Å². The Balaban J connectivity index is 1.62. The van der Waals surface area contributed by atoms with E-state index >= 15 is 0 Å². The van der Waals surface area contributed by atoms with Crippen LogP contribution in [-0.2, 0) is 9.53 Å². The van der Waals surface area contributed by atoms with Gasteiger partial charge in [0.15, 0.2) is 6.61 Å². The van der Waals surface area contributed by atoms with Crippen LogP contribution in [0.4, 0.5) is 0 Å². The summed E-state index contributed by atoms with van der Waals surface area (Å²) in [4.78, 5) is 30.6. The highest BCUT2D eigenvalue weighted by Crippen LogP contribution is 2.28. The minimum absolute atomic E-state index is 0.197. The van der Waals surface area contributed by atoms with Crippen LogP contribution in [0.2, 0.25) is 0 Å². The molecule has 1 amide bonds. The first-order valence-electron chi connectivity index (χ1n) is 8.30. The van der Waals surface area contributed by atoms with E-state index in [1.165, 1.54) is 0 Å². The van der Waals surface area contributed by atoms with Gasteiger partial charge in [0.1, 0.15) is 5.01 Å². The number of esters is 1. The zero-order valence-electron chi connectivity index (χ0n) is 14.9. The van der Waals surface area contributed by atoms with Crippen molar-refractivity contribution >= 4 is 33.4 Å². The van der Waals surface area contributed by atoms with Gasteiger partial charge in [0.2, 0.25) is 0 Å². The highest BCUT2D eigenvalue weighted by Gasteiger charge is 2.22. The number of benzene rings is 2. The molecule has 1 heterocycles. The van der Waals surface area contributed by atoms with E-state index in [4.69, 9.17) is 4.74 Å². The highest BCUT2D eigenvalue weighted by atomic mass is 32.1. The smallest absolute Gasteiger partial charge is 0.338 e. The summed E-state index contributed by atoms with van der Waals surface area (Å²) in [6, 6.07) is 14.8. The van der Waals surface area contributed by atoms with Gasteiger partial charge in [-0.05, 0) is 38.1 Å². The second kappa shape index (κ2) is 7.66. The van der Waals surface area contributed by atoms with Gasteiger partial charge in [0.05, 0.1) is 21.8 Å². The summed E-state index contributed by atoms with van der Waals surface area (Å²) in [6.07, 6.45) is 0.